The first kappa shape index (κ1) is 9.87. The van der Waals surface area contributed by atoms with Crippen LogP contribution in [0.3, 0.4) is 0 Å². The summed E-state index contributed by atoms with van der Waals surface area (Å²) < 4.78 is 2.14. The summed E-state index contributed by atoms with van der Waals surface area (Å²) >= 11 is 6.93. The van der Waals surface area contributed by atoms with E-state index in [1.165, 1.54) is 11.1 Å². The Kier molecular flexibility index (Phi) is 2.99. The minimum atomic E-state index is 1.07. The molecule has 0 aliphatic rings. The second-order valence-corrected chi connectivity index (χ2v) is 4.73. The first-order valence-electron chi connectivity index (χ1n) is 4.12. The molecule has 0 fully saturated rings. The van der Waals surface area contributed by atoms with Gasteiger partial charge in [0.05, 0.1) is 0 Å². The molecule has 0 N–H and O–H groups in total. The average molecular weight is 313 g/mol. The zero-order valence-electron chi connectivity index (χ0n) is 7.24. The number of halogens is 2. The molecule has 2 rings (SSSR count). The fourth-order valence-electron chi connectivity index (χ4n) is 1.26. The van der Waals surface area contributed by atoms with E-state index in [0.29, 0.717) is 0 Å². The van der Waals surface area contributed by atoms with Gasteiger partial charge in [-0.15, -0.1) is 0 Å². The third-order valence-electron chi connectivity index (χ3n) is 1.88. The van der Waals surface area contributed by atoms with Crippen molar-refractivity contribution in [3.63, 3.8) is 0 Å². The SMILES string of the molecule is Brc1cc(Br)cc(-c2ccncc2)c1. The Balaban J connectivity index is 2.52. The normalized spacial score (nSPS) is 10.1. The van der Waals surface area contributed by atoms with Gasteiger partial charge in [0.15, 0.2) is 0 Å². The smallest absolute Gasteiger partial charge is 0.0273 e. The van der Waals surface area contributed by atoms with Crippen LogP contribution in [-0.2, 0) is 0 Å². The summed E-state index contributed by atoms with van der Waals surface area (Å²) in [6.45, 7) is 0. The molecule has 14 heavy (non-hydrogen) atoms. The van der Waals surface area contributed by atoms with Crippen LogP contribution in [0.5, 0.6) is 0 Å². The van der Waals surface area contributed by atoms with Gasteiger partial charge in [0.1, 0.15) is 0 Å². The lowest BCUT2D eigenvalue weighted by atomic mass is 10.1. The van der Waals surface area contributed by atoms with Crippen molar-refractivity contribution in [2.75, 3.05) is 0 Å². The van der Waals surface area contributed by atoms with Gasteiger partial charge in [-0.3, -0.25) is 4.98 Å². The zero-order valence-corrected chi connectivity index (χ0v) is 10.4. The number of pyridine rings is 1. The van der Waals surface area contributed by atoms with Crippen LogP contribution in [0, 0.1) is 0 Å². The standard InChI is InChI=1S/C11H7Br2N/c12-10-5-9(6-11(13)7-10)8-1-3-14-4-2-8/h1-7H. The highest BCUT2D eigenvalue weighted by molar-refractivity contribution is 9.11. The molecule has 0 spiro atoms. The van der Waals surface area contributed by atoms with Gasteiger partial charge in [-0.2, -0.15) is 0 Å². The minimum Gasteiger partial charge on any atom is -0.265 e. The van der Waals surface area contributed by atoms with Gasteiger partial charge in [-0.25, -0.2) is 0 Å². The van der Waals surface area contributed by atoms with Gasteiger partial charge in [-0.1, -0.05) is 31.9 Å². The van der Waals surface area contributed by atoms with E-state index in [9.17, 15) is 0 Å². The number of hydrogen-bond donors (Lipinski definition) is 0. The Morgan fingerprint density at radius 2 is 1.36 bits per heavy atom. The van der Waals surface area contributed by atoms with Crippen LogP contribution in [-0.4, -0.2) is 4.98 Å². The molecule has 70 valence electrons. The van der Waals surface area contributed by atoms with Gasteiger partial charge >= 0.3 is 0 Å². The molecule has 1 aromatic heterocycles. The predicted molar refractivity (Wildman–Crippen MR) is 65.1 cm³/mol. The Hall–Kier alpha value is -0.670. The van der Waals surface area contributed by atoms with E-state index < -0.39 is 0 Å². The van der Waals surface area contributed by atoms with E-state index in [1.54, 1.807) is 12.4 Å². The summed E-state index contributed by atoms with van der Waals surface area (Å²) in [4.78, 5) is 3.99. The summed E-state index contributed by atoms with van der Waals surface area (Å²) in [5.74, 6) is 0. The van der Waals surface area contributed by atoms with Crippen LogP contribution < -0.4 is 0 Å². The Morgan fingerprint density at radius 3 is 1.93 bits per heavy atom. The Morgan fingerprint density at radius 1 is 0.786 bits per heavy atom. The van der Waals surface area contributed by atoms with Crippen molar-refractivity contribution >= 4 is 31.9 Å². The molecule has 1 heterocycles. The quantitative estimate of drug-likeness (QED) is 0.766. The largest absolute Gasteiger partial charge is 0.265 e. The lowest BCUT2D eigenvalue weighted by molar-refractivity contribution is 1.33. The van der Waals surface area contributed by atoms with Crippen LogP contribution in [0.25, 0.3) is 11.1 Å². The Labute approximate surface area is 99.4 Å². The van der Waals surface area contributed by atoms with E-state index in [1.807, 2.05) is 18.2 Å². The maximum absolute atomic E-state index is 3.99. The van der Waals surface area contributed by atoms with Crippen molar-refractivity contribution in [2.24, 2.45) is 0 Å². The molecule has 0 atom stereocenters. The number of hydrogen-bond acceptors (Lipinski definition) is 1. The lowest BCUT2D eigenvalue weighted by Gasteiger charge is -2.02. The second kappa shape index (κ2) is 4.24. The number of benzene rings is 1. The maximum Gasteiger partial charge on any atom is 0.0273 e. The second-order valence-electron chi connectivity index (χ2n) is 2.89. The van der Waals surface area contributed by atoms with E-state index >= 15 is 0 Å². The van der Waals surface area contributed by atoms with Crippen molar-refractivity contribution in [3.8, 4) is 11.1 Å². The molecule has 0 unspecified atom stereocenters. The van der Waals surface area contributed by atoms with Crippen LogP contribution >= 0.6 is 31.9 Å². The van der Waals surface area contributed by atoms with Crippen LogP contribution in [0.2, 0.25) is 0 Å². The van der Waals surface area contributed by atoms with Crippen LogP contribution in [0.4, 0.5) is 0 Å². The molecule has 0 aliphatic heterocycles. The van der Waals surface area contributed by atoms with Crippen molar-refractivity contribution in [1.82, 2.24) is 4.98 Å². The lowest BCUT2D eigenvalue weighted by Crippen LogP contribution is -1.79. The van der Waals surface area contributed by atoms with Crippen molar-refractivity contribution in [1.29, 1.82) is 0 Å². The number of rotatable bonds is 1. The molecule has 0 bridgehead atoms. The molecule has 0 saturated carbocycles. The molecule has 0 saturated heterocycles. The van der Waals surface area contributed by atoms with Crippen molar-refractivity contribution < 1.29 is 0 Å². The molecule has 3 heteroatoms. The fraction of sp³-hybridized carbons (Fsp3) is 0. The Bertz CT molecular complexity index is 420. The number of nitrogens with zero attached hydrogens (tertiary/aromatic N) is 1. The van der Waals surface area contributed by atoms with Gasteiger partial charge in [-0.05, 0) is 41.5 Å². The fourth-order valence-corrected chi connectivity index (χ4v) is 2.56. The monoisotopic (exact) mass is 311 g/mol. The molecule has 1 aromatic carbocycles. The molecule has 0 aliphatic carbocycles. The highest BCUT2D eigenvalue weighted by Gasteiger charge is 1.99. The first-order valence-corrected chi connectivity index (χ1v) is 5.71. The summed E-state index contributed by atoms with van der Waals surface area (Å²) in [7, 11) is 0. The molecule has 0 amide bonds. The average Bonchev–Trinajstić information content (AvgIpc) is 2.18. The predicted octanol–water partition coefficient (Wildman–Crippen LogP) is 4.27. The van der Waals surface area contributed by atoms with Gasteiger partial charge in [0, 0.05) is 21.3 Å². The third-order valence-corrected chi connectivity index (χ3v) is 2.79. The summed E-state index contributed by atoms with van der Waals surface area (Å²) in [5.41, 5.74) is 2.34. The first-order chi connectivity index (χ1) is 6.75. The molecule has 0 radical (unpaired) electrons. The molecular weight excluding hydrogens is 306 g/mol. The summed E-state index contributed by atoms with van der Waals surface area (Å²) in [6.07, 6.45) is 3.59. The van der Waals surface area contributed by atoms with E-state index in [4.69, 9.17) is 0 Å². The van der Waals surface area contributed by atoms with Crippen LogP contribution in [0.15, 0.2) is 51.7 Å². The molecule has 1 nitrogen and oxygen atoms in total. The highest BCUT2D eigenvalue weighted by Crippen LogP contribution is 2.26. The third kappa shape index (κ3) is 2.22. The van der Waals surface area contributed by atoms with Gasteiger partial charge in [0.2, 0.25) is 0 Å². The zero-order chi connectivity index (χ0) is 9.97. The van der Waals surface area contributed by atoms with Crippen LogP contribution in [0.1, 0.15) is 0 Å². The van der Waals surface area contributed by atoms with E-state index in [-0.39, 0.29) is 0 Å². The number of aromatic nitrogens is 1. The van der Waals surface area contributed by atoms with E-state index in [0.717, 1.165) is 8.95 Å². The van der Waals surface area contributed by atoms with Gasteiger partial charge < -0.3 is 0 Å². The van der Waals surface area contributed by atoms with Crippen molar-refractivity contribution in [3.05, 3.63) is 51.7 Å². The minimum absolute atomic E-state index is 1.07. The molecular formula is C11H7Br2N. The molecule has 2 aromatic rings. The summed E-state index contributed by atoms with van der Waals surface area (Å²) in [5, 5.41) is 0. The van der Waals surface area contributed by atoms with E-state index in [2.05, 4.69) is 49.0 Å². The highest BCUT2D eigenvalue weighted by atomic mass is 79.9. The maximum atomic E-state index is 3.99. The summed E-state index contributed by atoms with van der Waals surface area (Å²) in [6, 6.07) is 10.2. The topological polar surface area (TPSA) is 12.9 Å². The van der Waals surface area contributed by atoms with Crippen molar-refractivity contribution in [2.45, 2.75) is 0 Å². The van der Waals surface area contributed by atoms with Gasteiger partial charge in [0.25, 0.3) is 0 Å².